The molecule has 4 nitrogen and oxygen atoms in total. The van der Waals surface area contributed by atoms with Crippen LogP contribution in [0.15, 0.2) is 35.4 Å². The van der Waals surface area contributed by atoms with Crippen molar-refractivity contribution >= 4 is 0 Å². The standard InChI is InChI=1S/C13H12N2O2/c16-12-13(15-7-6-14-12)17-11-5-4-9-2-1-3-10(9)8-11/h4-8H,1-3H2,(H,14,16). The number of H-pyrrole nitrogens is 1. The lowest BCUT2D eigenvalue weighted by Crippen LogP contribution is -2.09. The molecule has 1 N–H and O–H groups in total. The van der Waals surface area contributed by atoms with Gasteiger partial charge < -0.3 is 9.72 Å². The number of aromatic amines is 1. The Morgan fingerprint density at radius 2 is 2.12 bits per heavy atom. The molecule has 1 aliphatic rings. The number of aryl methyl sites for hydroxylation is 2. The molecule has 0 saturated carbocycles. The molecule has 1 aliphatic carbocycles. The molecular formula is C13H12N2O2. The van der Waals surface area contributed by atoms with Crippen molar-refractivity contribution in [1.29, 1.82) is 0 Å². The summed E-state index contributed by atoms with van der Waals surface area (Å²) < 4.78 is 5.48. The van der Waals surface area contributed by atoms with Crippen LogP contribution < -0.4 is 10.3 Å². The van der Waals surface area contributed by atoms with Crippen LogP contribution in [0.5, 0.6) is 11.6 Å². The van der Waals surface area contributed by atoms with E-state index in [0.717, 1.165) is 12.8 Å². The Hall–Kier alpha value is -2.10. The Morgan fingerprint density at radius 3 is 3.00 bits per heavy atom. The summed E-state index contributed by atoms with van der Waals surface area (Å²) >= 11 is 0. The molecule has 1 aromatic heterocycles. The van der Waals surface area contributed by atoms with E-state index < -0.39 is 0 Å². The van der Waals surface area contributed by atoms with Crippen molar-refractivity contribution in [3.05, 3.63) is 52.1 Å². The van der Waals surface area contributed by atoms with Gasteiger partial charge in [0.2, 0.25) is 0 Å². The highest BCUT2D eigenvalue weighted by atomic mass is 16.5. The van der Waals surface area contributed by atoms with Gasteiger partial charge in [0.25, 0.3) is 5.88 Å². The molecule has 2 aromatic rings. The van der Waals surface area contributed by atoms with E-state index in [1.807, 2.05) is 12.1 Å². The summed E-state index contributed by atoms with van der Waals surface area (Å²) in [5.74, 6) is 0.764. The van der Waals surface area contributed by atoms with Crippen LogP contribution in [0.25, 0.3) is 0 Å². The lowest BCUT2D eigenvalue weighted by Gasteiger charge is -2.05. The van der Waals surface area contributed by atoms with Crippen molar-refractivity contribution in [2.24, 2.45) is 0 Å². The third-order valence-electron chi connectivity index (χ3n) is 2.96. The Kier molecular flexibility index (Phi) is 2.40. The van der Waals surface area contributed by atoms with Crippen molar-refractivity contribution in [3.63, 3.8) is 0 Å². The Labute approximate surface area is 98.3 Å². The number of hydrogen-bond donors (Lipinski definition) is 1. The number of benzene rings is 1. The van der Waals surface area contributed by atoms with Gasteiger partial charge in [0.05, 0.1) is 0 Å². The van der Waals surface area contributed by atoms with Crippen LogP contribution >= 0.6 is 0 Å². The van der Waals surface area contributed by atoms with E-state index >= 15 is 0 Å². The monoisotopic (exact) mass is 228 g/mol. The van der Waals surface area contributed by atoms with E-state index in [2.05, 4.69) is 16.0 Å². The minimum absolute atomic E-state index is 0.0884. The summed E-state index contributed by atoms with van der Waals surface area (Å²) in [6.07, 6.45) is 6.41. The van der Waals surface area contributed by atoms with E-state index in [1.165, 1.54) is 29.9 Å². The van der Waals surface area contributed by atoms with Crippen molar-refractivity contribution in [2.45, 2.75) is 19.3 Å². The Bertz CT molecular complexity index is 604. The van der Waals surface area contributed by atoms with Gasteiger partial charge in [-0.3, -0.25) is 4.79 Å². The molecule has 0 aliphatic heterocycles. The van der Waals surface area contributed by atoms with E-state index in [-0.39, 0.29) is 11.4 Å². The molecule has 17 heavy (non-hydrogen) atoms. The van der Waals surface area contributed by atoms with Crippen LogP contribution in [0.4, 0.5) is 0 Å². The van der Waals surface area contributed by atoms with E-state index in [9.17, 15) is 4.79 Å². The molecule has 3 rings (SSSR count). The van der Waals surface area contributed by atoms with Gasteiger partial charge in [-0.25, -0.2) is 4.98 Å². The van der Waals surface area contributed by atoms with Gasteiger partial charge in [0.15, 0.2) is 0 Å². The highest BCUT2D eigenvalue weighted by Gasteiger charge is 2.12. The van der Waals surface area contributed by atoms with Crippen LogP contribution in [-0.4, -0.2) is 9.97 Å². The van der Waals surface area contributed by atoms with E-state index in [0.29, 0.717) is 5.75 Å². The molecule has 0 radical (unpaired) electrons. The van der Waals surface area contributed by atoms with E-state index in [1.54, 1.807) is 0 Å². The molecule has 0 unspecified atom stereocenters. The number of nitrogens with zero attached hydrogens (tertiary/aromatic N) is 1. The number of nitrogens with one attached hydrogen (secondary N) is 1. The molecule has 0 spiro atoms. The summed E-state index contributed by atoms with van der Waals surface area (Å²) in [5, 5.41) is 0. The second kappa shape index (κ2) is 4.05. The normalized spacial score (nSPS) is 13.4. The molecule has 1 aromatic carbocycles. The topological polar surface area (TPSA) is 55.0 Å². The van der Waals surface area contributed by atoms with Crippen molar-refractivity contribution in [3.8, 4) is 11.6 Å². The zero-order valence-electron chi connectivity index (χ0n) is 9.27. The highest BCUT2D eigenvalue weighted by molar-refractivity contribution is 5.39. The fraction of sp³-hybridized carbons (Fsp3) is 0.231. The first-order chi connectivity index (χ1) is 8.33. The second-order valence-corrected chi connectivity index (χ2v) is 4.11. The Balaban J connectivity index is 1.91. The van der Waals surface area contributed by atoms with E-state index in [4.69, 9.17) is 4.74 Å². The van der Waals surface area contributed by atoms with Crippen LogP contribution in [0, 0.1) is 0 Å². The van der Waals surface area contributed by atoms with Crippen LogP contribution in [0.3, 0.4) is 0 Å². The van der Waals surface area contributed by atoms with Gasteiger partial charge in [-0.05, 0) is 42.5 Å². The average Bonchev–Trinajstić information content (AvgIpc) is 2.79. The highest BCUT2D eigenvalue weighted by Crippen LogP contribution is 2.27. The molecule has 0 atom stereocenters. The predicted octanol–water partition coefficient (Wildman–Crippen LogP) is 2.05. The molecule has 0 amide bonds. The summed E-state index contributed by atoms with van der Waals surface area (Å²) in [7, 11) is 0. The maximum absolute atomic E-state index is 11.4. The molecule has 1 heterocycles. The summed E-state index contributed by atoms with van der Waals surface area (Å²) in [5.41, 5.74) is 2.38. The quantitative estimate of drug-likeness (QED) is 0.855. The third-order valence-corrected chi connectivity index (χ3v) is 2.96. The second-order valence-electron chi connectivity index (χ2n) is 4.11. The molecule has 0 saturated heterocycles. The first-order valence-corrected chi connectivity index (χ1v) is 5.66. The zero-order chi connectivity index (χ0) is 11.7. The van der Waals surface area contributed by atoms with Crippen molar-refractivity contribution in [2.75, 3.05) is 0 Å². The maximum atomic E-state index is 11.4. The fourth-order valence-electron chi connectivity index (χ4n) is 2.13. The average molecular weight is 228 g/mol. The fourth-order valence-corrected chi connectivity index (χ4v) is 2.13. The molecule has 86 valence electrons. The molecule has 0 bridgehead atoms. The Morgan fingerprint density at radius 1 is 1.24 bits per heavy atom. The number of rotatable bonds is 2. The first-order valence-electron chi connectivity index (χ1n) is 5.66. The number of aromatic nitrogens is 2. The lowest BCUT2D eigenvalue weighted by atomic mass is 10.1. The number of hydrogen-bond acceptors (Lipinski definition) is 3. The molecular weight excluding hydrogens is 216 g/mol. The molecule has 4 heteroatoms. The summed E-state index contributed by atoms with van der Waals surface area (Å²) in [6.45, 7) is 0. The summed E-state index contributed by atoms with van der Waals surface area (Å²) in [4.78, 5) is 17.8. The maximum Gasteiger partial charge on any atom is 0.311 e. The number of ether oxygens (including phenoxy) is 1. The molecule has 0 fully saturated rings. The third kappa shape index (κ3) is 1.93. The van der Waals surface area contributed by atoms with Gasteiger partial charge in [-0.1, -0.05) is 6.07 Å². The van der Waals surface area contributed by atoms with Gasteiger partial charge >= 0.3 is 5.56 Å². The van der Waals surface area contributed by atoms with Gasteiger partial charge in [0.1, 0.15) is 5.75 Å². The SMILES string of the molecule is O=c1[nH]ccnc1Oc1ccc2c(c1)CCC2. The van der Waals surface area contributed by atoms with Crippen LogP contribution in [0.1, 0.15) is 17.5 Å². The minimum Gasteiger partial charge on any atom is -0.435 e. The van der Waals surface area contributed by atoms with Gasteiger partial charge in [-0.15, -0.1) is 0 Å². The number of fused-ring (bicyclic) bond motifs is 1. The van der Waals surface area contributed by atoms with Crippen LogP contribution in [-0.2, 0) is 12.8 Å². The lowest BCUT2D eigenvalue weighted by molar-refractivity contribution is 0.453. The largest absolute Gasteiger partial charge is 0.435 e. The summed E-state index contributed by atoms with van der Waals surface area (Å²) in [6, 6.07) is 5.95. The van der Waals surface area contributed by atoms with Gasteiger partial charge in [-0.2, -0.15) is 0 Å². The van der Waals surface area contributed by atoms with Crippen molar-refractivity contribution in [1.82, 2.24) is 9.97 Å². The van der Waals surface area contributed by atoms with Crippen molar-refractivity contribution < 1.29 is 4.74 Å². The first kappa shape index (κ1) is 10.1. The zero-order valence-corrected chi connectivity index (χ0v) is 9.27. The predicted molar refractivity (Wildman–Crippen MR) is 63.4 cm³/mol. The van der Waals surface area contributed by atoms with Gasteiger partial charge in [0, 0.05) is 12.4 Å². The smallest absolute Gasteiger partial charge is 0.311 e. The minimum atomic E-state index is -0.312. The van der Waals surface area contributed by atoms with Crippen LogP contribution in [0.2, 0.25) is 0 Å².